The van der Waals surface area contributed by atoms with Crippen molar-refractivity contribution in [1.82, 2.24) is 10.2 Å². The van der Waals surface area contributed by atoms with E-state index < -0.39 is 0 Å². The van der Waals surface area contributed by atoms with Gasteiger partial charge in [0.15, 0.2) is 0 Å². The summed E-state index contributed by atoms with van der Waals surface area (Å²) in [6, 6.07) is 0.751. The fourth-order valence-electron chi connectivity index (χ4n) is 1.92. The molecule has 0 bridgehead atoms. The monoisotopic (exact) mass is 212 g/mol. The van der Waals surface area contributed by atoms with Crippen LogP contribution in [0.25, 0.3) is 0 Å². The molecule has 1 aliphatic heterocycles. The molecule has 1 aliphatic rings. The van der Waals surface area contributed by atoms with Crippen molar-refractivity contribution in [1.29, 1.82) is 0 Å². The van der Waals surface area contributed by atoms with Gasteiger partial charge >= 0.3 is 0 Å². The van der Waals surface area contributed by atoms with Crippen molar-refractivity contribution in [2.24, 2.45) is 5.41 Å². The maximum atomic E-state index is 12.1. The molecule has 88 valence electrons. The zero-order chi connectivity index (χ0) is 11.6. The number of nitrogens with one attached hydrogen (secondary N) is 1. The predicted molar refractivity (Wildman–Crippen MR) is 62.7 cm³/mol. The molecule has 1 N–H and O–H groups in total. The summed E-state index contributed by atoms with van der Waals surface area (Å²) in [6.45, 7) is 12.3. The third-order valence-electron chi connectivity index (χ3n) is 2.77. The van der Waals surface area contributed by atoms with Crippen LogP contribution in [-0.4, -0.2) is 36.0 Å². The molecule has 0 radical (unpaired) electrons. The summed E-state index contributed by atoms with van der Waals surface area (Å²) in [4.78, 5) is 14.1. The quantitative estimate of drug-likeness (QED) is 0.716. The molecule has 3 heteroatoms. The second kappa shape index (κ2) is 4.52. The predicted octanol–water partition coefficient (Wildman–Crippen LogP) is 1.63. The van der Waals surface area contributed by atoms with Crippen molar-refractivity contribution >= 4 is 5.91 Å². The standard InChI is InChI=1S/C12H24N2O/c1-9-8-14(10(2)7-13-9)11(15)6-12(3,4)5/h9-10,13H,6-8H2,1-5H3. The molecular formula is C12H24N2O. The Morgan fingerprint density at radius 1 is 1.40 bits per heavy atom. The fourth-order valence-corrected chi connectivity index (χ4v) is 1.92. The Morgan fingerprint density at radius 3 is 2.53 bits per heavy atom. The highest BCUT2D eigenvalue weighted by Crippen LogP contribution is 2.21. The number of amides is 1. The first-order valence-electron chi connectivity index (χ1n) is 5.82. The van der Waals surface area contributed by atoms with E-state index in [0.29, 0.717) is 24.4 Å². The van der Waals surface area contributed by atoms with Gasteiger partial charge in [-0.05, 0) is 19.3 Å². The molecule has 0 aromatic rings. The number of rotatable bonds is 1. The van der Waals surface area contributed by atoms with Crippen molar-refractivity contribution in [3.63, 3.8) is 0 Å². The SMILES string of the molecule is CC1CN(C(=O)CC(C)(C)C)C(C)CN1. The maximum absolute atomic E-state index is 12.1. The second-order valence-corrected chi connectivity index (χ2v) is 5.94. The summed E-state index contributed by atoms with van der Waals surface area (Å²) >= 11 is 0. The van der Waals surface area contributed by atoms with Crippen LogP contribution in [-0.2, 0) is 4.79 Å². The first-order chi connectivity index (χ1) is 6.79. The van der Waals surface area contributed by atoms with E-state index in [9.17, 15) is 4.79 Å². The van der Waals surface area contributed by atoms with E-state index in [-0.39, 0.29) is 5.41 Å². The van der Waals surface area contributed by atoms with Gasteiger partial charge in [0.1, 0.15) is 0 Å². The Labute approximate surface area is 93.2 Å². The van der Waals surface area contributed by atoms with Crippen LogP contribution in [0.2, 0.25) is 0 Å². The average molecular weight is 212 g/mol. The lowest BCUT2D eigenvalue weighted by Gasteiger charge is -2.38. The van der Waals surface area contributed by atoms with Gasteiger partial charge in [0.2, 0.25) is 5.91 Å². The van der Waals surface area contributed by atoms with Gasteiger partial charge in [-0.2, -0.15) is 0 Å². The van der Waals surface area contributed by atoms with E-state index in [1.807, 2.05) is 4.90 Å². The van der Waals surface area contributed by atoms with E-state index in [2.05, 4.69) is 39.9 Å². The van der Waals surface area contributed by atoms with Crippen LogP contribution in [0.15, 0.2) is 0 Å². The molecule has 1 heterocycles. The van der Waals surface area contributed by atoms with Crippen LogP contribution >= 0.6 is 0 Å². The van der Waals surface area contributed by atoms with Crippen molar-refractivity contribution in [2.45, 2.75) is 53.1 Å². The highest BCUT2D eigenvalue weighted by molar-refractivity contribution is 5.77. The van der Waals surface area contributed by atoms with Gasteiger partial charge in [-0.15, -0.1) is 0 Å². The van der Waals surface area contributed by atoms with Crippen molar-refractivity contribution in [3.05, 3.63) is 0 Å². The molecule has 1 amide bonds. The van der Waals surface area contributed by atoms with Gasteiger partial charge in [-0.1, -0.05) is 20.8 Å². The fraction of sp³-hybridized carbons (Fsp3) is 0.917. The first kappa shape index (κ1) is 12.5. The van der Waals surface area contributed by atoms with Crippen molar-refractivity contribution in [2.75, 3.05) is 13.1 Å². The van der Waals surface area contributed by atoms with E-state index >= 15 is 0 Å². The van der Waals surface area contributed by atoms with Crippen LogP contribution in [0.5, 0.6) is 0 Å². The lowest BCUT2D eigenvalue weighted by Crippen LogP contribution is -2.56. The topological polar surface area (TPSA) is 32.3 Å². The zero-order valence-electron chi connectivity index (χ0n) is 10.6. The highest BCUT2D eigenvalue weighted by Gasteiger charge is 2.28. The summed E-state index contributed by atoms with van der Waals surface area (Å²) < 4.78 is 0. The minimum atomic E-state index is 0.0882. The average Bonchev–Trinajstić information content (AvgIpc) is 2.06. The van der Waals surface area contributed by atoms with Gasteiger partial charge in [0, 0.05) is 31.6 Å². The number of hydrogen-bond acceptors (Lipinski definition) is 2. The molecule has 1 fully saturated rings. The van der Waals surface area contributed by atoms with Gasteiger partial charge in [-0.3, -0.25) is 4.79 Å². The Balaban J connectivity index is 2.57. The van der Waals surface area contributed by atoms with Crippen LogP contribution in [0.1, 0.15) is 41.0 Å². The van der Waals surface area contributed by atoms with E-state index in [0.717, 1.165) is 13.1 Å². The summed E-state index contributed by atoms with van der Waals surface area (Å²) in [6.07, 6.45) is 0.643. The number of carbonyl (C=O) groups is 1. The van der Waals surface area contributed by atoms with Gasteiger partial charge in [0.05, 0.1) is 0 Å². The van der Waals surface area contributed by atoms with Crippen molar-refractivity contribution < 1.29 is 4.79 Å². The normalized spacial score (nSPS) is 27.9. The Hall–Kier alpha value is -0.570. The van der Waals surface area contributed by atoms with E-state index in [1.54, 1.807) is 0 Å². The molecular weight excluding hydrogens is 188 g/mol. The Bertz CT molecular complexity index is 232. The molecule has 0 aliphatic carbocycles. The number of piperazine rings is 1. The molecule has 2 unspecified atom stereocenters. The first-order valence-corrected chi connectivity index (χ1v) is 5.82. The Kier molecular flexibility index (Phi) is 3.77. The largest absolute Gasteiger partial charge is 0.337 e. The van der Waals surface area contributed by atoms with Crippen LogP contribution in [0.3, 0.4) is 0 Å². The van der Waals surface area contributed by atoms with Crippen molar-refractivity contribution in [3.8, 4) is 0 Å². The molecule has 2 atom stereocenters. The number of nitrogens with zero attached hydrogens (tertiary/aromatic N) is 1. The maximum Gasteiger partial charge on any atom is 0.223 e. The van der Waals surface area contributed by atoms with E-state index in [4.69, 9.17) is 0 Å². The minimum absolute atomic E-state index is 0.0882. The molecule has 0 saturated carbocycles. The third kappa shape index (κ3) is 3.82. The molecule has 3 nitrogen and oxygen atoms in total. The molecule has 1 saturated heterocycles. The third-order valence-corrected chi connectivity index (χ3v) is 2.77. The molecule has 1 rings (SSSR count). The van der Waals surface area contributed by atoms with Crippen LogP contribution in [0, 0.1) is 5.41 Å². The van der Waals surface area contributed by atoms with Crippen LogP contribution < -0.4 is 5.32 Å². The van der Waals surface area contributed by atoms with Gasteiger partial charge in [-0.25, -0.2) is 0 Å². The molecule has 0 aromatic heterocycles. The molecule has 0 spiro atoms. The number of carbonyl (C=O) groups excluding carboxylic acids is 1. The number of hydrogen-bond donors (Lipinski definition) is 1. The van der Waals surface area contributed by atoms with E-state index in [1.165, 1.54) is 0 Å². The van der Waals surface area contributed by atoms with Crippen LogP contribution in [0.4, 0.5) is 0 Å². The summed E-state index contributed by atoms with van der Waals surface area (Å²) in [5, 5.41) is 3.39. The molecule has 0 aromatic carbocycles. The lowest BCUT2D eigenvalue weighted by atomic mass is 9.91. The summed E-state index contributed by atoms with van der Waals surface area (Å²) in [7, 11) is 0. The van der Waals surface area contributed by atoms with Gasteiger partial charge in [0.25, 0.3) is 0 Å². The lowest BCUT2D eigenvalue weighted by molar-refractivity contribution is -0.136. The smallest absolute Gasteiger partial charge is 0.223 e. The highest BCUT2D eigenvalue weighted by atomic mass is 16.2. The Morgan fingerprint density at radius 2 is 2.00 bits per heavy atom. The second-order valence-electron chi connectivity index (χ2n) is 5.94. The van der Waals surface area contributed by atoms with Gasteiger partial charge < -0.3 is 10.2 Å². The minimum Gasteiger partial charge on any atom is -0.337 e. The summed E-state index contributed by atoms with van der Waals surface area (Å²) in [5.74, 6) is 0.295. The zero-order valence-corrected chi connectivity index (χ0v) is 10.6. The molecule has 15 heavy (non-hydrogen) atoms. The summed E-state index contributed by atoms with van der Waals surface area (Å²) in [5.41, 5.74) is 0.0882.